The van der Waals surface area contributed by atoms with Gasteiger partial charge in [-0.15, -0.1) is 0 Å². The minimum Gasteiger partial charge on any atom is -0.487 e. The van der Waals surface area contributed by atoms with Crippen molar-refractivity contribution >= 4 is 17.7 Å². The molecule has 0 radical (unpaired) electrons. The normalized spacial score (nSPS) is 26.4. The Hall–Kier alpha value is -2.41. The fraction of sp³-hybridized carbons (Fsp3) is 0.550. The number of carbonyl (C=O) groups is 3. The van der Waals surface area contributed by atoms with Gasteiger partial charge in [0.2, 0.25) is 11.8 Å². The molecule has 0 aromatic heterocycles. The van der Waals surface area contributed by atoms with E-state index in [0.29, 0.717) is 18.5 Å². The van der Waals surface area contributed by atoms with Crippen molar-refractivity contribution in [2.75, 3.05) is 13.1 Å². The van der Waals surface area contributed by atoms with Crippen molar-refractivity contribution in [3.8, 4) is 5.75 Å². The van der Waals surface area contributed by atoms with Crippen LogP contribution in [0.1, 0.15) is 53.6 Å². The summed E-state index contributed by atoms with van der Waals surface area (Å²) in [7, 11) is 0. The Kier molecular flexibility index (Phi) is 3.75. The molecule has 3 amide bonds. The molecule has 1 aromatic rings. The number of carbonyl (C=O) groups excluding carboxylic acids is 3. The van der Waals surface area contributed by atoms with Gasteiger partial charge in [0.15, 0.2) is 0 Å². The van der Waals surface area contributed by atoms with Gasteiger partial charge in [-0.3, -0.25) is 19.7 Å². The number of hydrogen-bond donors (Lipinski definition) is 2. The number of nitrogens with zero attached hydrogens (tertiary/aromatic N) is 1. The van der Waals surface area contributed by atoms with Crippen LogP contribution in [-0.4, -0.2) is 47.4 Å². The van der Waals surface area contributed by atoms with Crippen LogP contribution < -0.4 is 15.4 Å². The zero-order chi connectivity index (χ0) is 18.6. The van der Waals surface area contributed by atoms with Crippen LogP contribution in [0.2, 0.25) is 0 Å². The molecule has 0 bridgehead atoms. The number of nitrogens with one attached hydrogen (secondary N) is 2. The maximum atomic E-state index is 12.9. The second-order valence-electron chi connectivity index (χ2n) is 8.05. The number of fused-ring (bicyclic) bond motifs is 2. The highest BCUT2D eigenvalue weighted by atomic mass is 16.5. The largest absolute Gasteiger partial charge is 0.487 e. The van der Waals surface area contributed by atoms with Crippen LogP contribution in [0.5, 0.6) is 5.75 Å². The zero-order valence-electron chi connectivity index (χ0n) is 15.2. The molecule has 4 aliphatic heterocycles. The smallest absolute Gasteiger partial charge is 0.255 e. The maximum Gasteiger partial charge on any atom is 0.255 e. The number of rotatable bonds is 1. The molecule has 0 aliphatic carbocycles. The molecule has 1 atom stereocenters. The Morgan fingerprint density at radius 2 is 1.85 bits per heavy atom. The van der Waals surface area contributed by atoms with E-state index in [1.165, 1.54) is 0 Å². The van der Waals surface area contributed by atoms with Crippen LogP contribution in [0, 0.1) is 0 Å². The summed E-state index contributed by atoms with van der Waals surface area (Å²) in [6.07, 6.45) is 4.55. The van der Waals surface area contributed by atoms with Crippen LogP contribution in [0.4, 0.5) is 0 Å². The first-order valence-electron chi connectivity index (χ1n) is 9.75. The average molecular weight is 369 g/mol. The van der Waals surface area contributed by atoms with Crippen molar-refractivity contribution in [2.45, 2.75) is 56.7 Å². The third kappa shape index (κ3) is 2.72. The minimum absolute atomic E-state index is 0.0849. The first-order chi connectivity index (χ1) is 13.0. The molecule has 1 spiro atoms. The number of aryl methyl sites for hydroxylation is 1. The Balaban J connectivity index is 1.41. The molecular formula is C20H23N3O4. The van der Waals surface area contributed by atoms with E-state index in [9.17, 15) is 14.4 Å². The third-order valence-electron chi connectivity index (χ3n) is 6.40. The van der Waals surface area contributed by atoms with Crippen LogP contribution in [0.3, 0.4) is 0 Å². The molecule has 5 rings (SSSR count). The van der Waals surface area contributed by atoms with E-state index in [2.05, 4.69) is 10.6 Å². The van der Waals surface area contributed by atoms with Gasteiger partial charge in [0.05, 0.1) is 0 Å². The summed E-state index contributed by atoms with van der Waals surface area (Å²) in [5.74, 6) is 0.128. The van der Waals surface area contributed by atoms with Gasteiger partial charge in [-0.25, -0.2) is 0 Å². The molecule has 7 heteroatoms. The summed E-state index contributed by atoms with van der Waals surface area (Å²) in [5, 5.41) is 5.73. The van der Waals surface area contributed by atoms with Gasteiger partial charge >= 0.3 is 0 Å². The van der Waals surface area contributed by atoms with Crippen LogP contribution in [0.25, 0.3) is 0 Å². The Morgan fingerprint density at radius 1 is 1.04 bits per heavy atom. The molecular weight excluding hydrogens is 346 g/mol. The van der Waals surface area contributed by atoms with Crippen LogP contribution in [-0.2, 0) is 22.6 Å². The summed E-state index contributed by atoms with van der Waals surface area (Å²) in [6.45, 7) is 2.34. The number of imide groups is 1. The van der Waals surface area contributed by atoms with Gasteiger partial charge in [0, 0.05) is 18.5 Å². The summed E-state index contributed by atoms with van der Waals surface area (Å²) in [6, 6.07) is 3.38. The first kappa shape index (κ1) is 16.7. The fourth-order valence-electron chi connectivity index (χ4n) is 4.81. The number of piperidine rings is 2. The monoisotopic (exact) mass is 369 g/mol. The van der Waals surface area contributed by atoms with E-state index in [1.807, 2.05) is 12.1 Å². The lowest BCUT2D eigenvalue weighted by Gasteiger charge is -2.41. The lowest BCUT2D eigenvalue weighted by Crippen LogP contribution is -2.52. The molecule has 0 unspecified atom stereocenters. The average Bonchev–Trinajstić information content (AvgIpc) is 2.96. The highest BCUT2D eigenvalue weighted by molar-refractivity contribution is 6.05. The second kappa shape index (κ2) is 6.05. The third-order valence-corrected chi connectivity index (χ3v) is 6.40. The van der Waals surface area contributed by atoms with E-state index < -0.39 is 6.04 Å². The maximum absolute atomic E-state index is 12.9. The Labute approximate surface area is 157 Å². The van der Waals surface area contributed by atoms with Gasteiger partial charge in [0.25, 0.3) is 5.91 Å². The van der Waals surface area contributed by atoms with Gasteiger partial charge < -0.3 is 15.0 Å². The SMILES string of the molecule is O=C1CC[C@H](N2Cc3cc4c(cc3C2=O)CCC2(CCNCC2)O4)C(=O)N1. The molecule has 142 valence electrons. The Morgan fingerprint density at radius 3 is 2.63 bits per heavy atom. The Bertz CT molecular complexity index is 844. The van der Waals surface area contributed by atoms with Crippen molar-refractivity contribution < 1.29 is 19.1 Å². The van der Waals surface area contributed by atoms with E-state index >= 15 is 0 Å². The standard InChI is InChI=1S/C20H23N3O4/c24-17-2-1-15(18(25)22-17)23-11-13-10-16-12(9-14(13)19(23)26)3-4-20(27-16)5-7-21-8-6-20/h9-10,15,21H,1-8,11H2,(H,22,24,25)/t15-/m0/s1. The van der Waals surface area contributed by atoms with Crippen molar-refractivity contribution in [1.29, 1.82) is 0 Å². The van der Waals surface area contributed by atoms with Gasteiger partial charge in [-0.1, -0.05) is 0 Å². The fourth-order valence-corrected chi connectivity index (χ4v) is 4.81. The lowest BCUT2D eigenvalue weighted by atomic mass is 9.83. The number of hydrogen-bond acceptors (Lipinski definition) is 5. The summed E-state index contributed by atoms with van der Waals surface area (Å²) >= 11 is 0. The predicted octanol–water partition coefficient (Wildman–Crippen LogP) is 0.895. The van der Waals surface area contributed by atoms with Crippen molar-refractivity contribution in [1.82, 2.24) is 15.5 Å². The molecule has 4 aliphatic rings. The van der Waals surface area contributed by atoms with Crippen molar-refractivity contribution in [3.63, 3.8) is 0 Å². The minimum atomic E-state index is -0.573. The first-order valence-corrected chi connectivity index (χ1v) is 9.75. The predicted molar refractivity (Wildman–Crippen MR) is 96.3 cm³/mol. The zero-order valence-corrected chi connectivity index (χ0v) is 15.2. The summed E-state index contributed by atoms with van der Waals surface area (Å²) in [4.78, 5) is 38.1. The summed E-state index contributed by atoms with van der Waals surface area (Å²) in [5.41, 5.74) is 2.58. The number of amides is 3. The van der Waals surface area contributed by atoms with Crippen LogP contribution >= 0.6 is 0 Å². The molecule has 0 saturated carbocycles. The molecule has 1 aromatic carbocycles. The molecule has 27 heavy (non-hydrogen) atoms. The lowest BCUT2D eigenvalue weighted by molar-refractivity contribution is -0.136. The van der Waals surface area contributed by atoms with E-state index in [-0.39, 0.29) is 29.7 Å². The van der Waals surface area contributed by atoms with E-state index in [4.69, 9.17) is 4.74 Å². The molecule has 2 N–H and O–H groups in total. The number of benzene rings is 1. The topological polar surface area (TPSA) is 87.7 Å². The highest BCUT2D eigenvalue weighted by Crippen LogP contribution is 2.41. The molecule has 2 saturated heterocycles. The quantitative estimate of drug-likeness (QED) is 0.718. The van der Waals surface area contributed by atoms with Crippen molar-refractivity contribution in [3.05, 3.63) is 28.8 Å². The highest BCUT2D eigenvalue weighted by Gasteiger charge is 2.42. The van der Waals surface area contributed by atoms with Gasteiger partial charge in [-0.2, -0.15) is 0 Å². The number of ether oxygens (including phenoxy) is 1. The van der Waals surface area contributed by atoms with E-state index in [1.54, 1.807) is 4.90 Å². The van der Waals surface area contributed by atoms with Crippen molar-refractivity contribution in [2.24, 2.45) is 0 Å². The second-order valence-corrected chi connectivity index (χ2v) is 8.05. The molecule has 7 nitrogen and oxygen atoms in total. The summed E-state index contributed by atoms with van der Waals surface area (Å²) < 4.78 is 6.44. The molecule has 4 heterocycles. The van der Waals surface area contributed by atoms with Gasteiger partial charge in [0.1, 0.15) is 17.4 Å². The molecule has 2 fully saturated rings. The van der Waals surface area contributed by atoms with Crippen LogP contribution in [0.15, 0.2) is 12.1 Å². The van der Waals surface area contributed by atoms with Gasteiger partial charge in [-0.05, 0) is 68.5 Å². The van der Waals surface area contributed by atoms with E-state index in [0.717, 1.165) is 55.6 Å².